The highest BCUT2D eigenvalue weighted by Gasteiger charge is 2.16. The molecule has 0 bridgehead atoms. The lowest BCUT2D eigenvalue weighted by atomic mass is 9.98. The fourth-order valence-corrected chi connectivity index (χ4v) is 3.84. The maximum absolute atomic E-state index is 12.6. The number of rotatable bonds is 5. The number of pyridine rings is 1. The van der Waals surface area contributed by atoms with E-state index < -0.39 is 10.0 Å². The van der Waals surface area contributed by atoms with Crippen LogP contribution in [0.4, 0.5) is 5.69 Å². The number of nitrogens with zero attached hydrogens (tertiary/aromatic N) is 1. The predicted molar refractivity (Wildman–Crippen MR) is 103 cm³/mol. The average Bonchev–Trinajstić information content (AvgIpc) is 2.62. The number of aromatic nitrogens is 1. The predicted octanol–water partition coefficient (Wildman–Crippen LogP) is 4.17. The van der Waals surface area contributed by atoms with Crippen LogP contribution in [-0.4, -0.2) is 20.5 Å². The molecule has 0 fully saturated rings. The van der Waals surface area contributed by atoms with Crippen LogP contribution in [-0.2, 0) is 10.0 Å². The van der Waals surface area contributed by atoms with Gasteiger partial charge in [0.15, 0.2) is 0 Å². The molecule has 0 saturated carbocycles. The van der Waals surface area contributed by atoms with Crippen molar-refractivity contribution in [2.45, 2.75) is 18.7 Å². The molecular formula is C20H20N2O3S. The van der Waals surface area contributed by atoms with E-state index in [1.165, 1.54) is 19.2 Å². The van der Waals surface area contributed by atoms with E-state index in [1.54, 1.807) is 24.4 Å². The van der Waals surface area contributed by atoms with Gasteiger partial charge >= 0.3 is 0 Å². The minimum absolute atomic E-state index is 0.154. The minimum Gasteiger partial charge on any atom is -0.497 e. The Morgan fingerprint density at radius 2 is 1.77 bits per heavy atom. The summed E-state index contributed by atoms with van der Waals surface area (Å²) in [6, 6.07) is 13.8. The van der Waals surface area contributed by atoms with Crippen LogP contribution in [0.2, 0.25) is 0 Å². The SMILES string of the molecule is COc1cccc(S(=O)(=O)Nc2ccc(-c3cnccc3C)c(C)c2)c1. The summed E-state index contributed by atoms with van der Waals surface area (Å²) in [6.07, 6.45) is 3.57. The van der Waals surface area contributed by atoms with Gasteiger partial charge in [0, 0.05) is 29.7 Å². The Kier molecular flexibility index (Phi) is 4.95. The second-order valence-electron chi connectivity index (χ2n) is 6.00. The van der Waals surface area contributed by atoms with Crippen molar-refractivity contribution in [3.63, 3.8) is 0 Å². The van der Waals surface area contributed by atoms with Crippen LogP contribution in [0.25, 0.3) is 11.1 Å². The minimum atomic E-state index is -3.69. The Morgan fingerprint density at radius 1 is 0.962 bits per heavy atom. The number of benzene rings is 2. The largest absolute Gasteiger partial charge is 0.497 e. The van der Waals surface area contributed by atoms with E-state index in [2.05, 4.69) is 9.71 Å². The smallest absolute Gasteiger partial charge is 0.262 e. The molecule has 134 valence electrons. The lowest BCUT2D eigenvalue weighted by Gasteiger charge is -2.13. The Bertz CT molecular complexity index is 1050. The van der Waals surface area contributed by atoms with Crippen molar-refractivity contribution in [2.24, 2.45) is 0 Å². The zero-order valence-electron chi connectivity index (χ0n) is 14.9. The molecule has 0 saturated heterocycles. The molecule has 5 nitrogen and oxygen atoms in total. The molecule has 6 heteroatoms. The summed E-state index contributed by atoms with van der Waals surface area (Å²) in [4.78, 5) is 4.33. The zero-order valence-corrected chi connectivity index (χ0v) is 15.7. The molecule has 0 amide bonds. The molecule has 1 N–H and O–H groups in total. The standard InChI is InChI=1S/C20H20N2O3S/c1-14-9-10-21-13-20(14)19-8-7-16(11-15(19)2)22-26(23,24)18-6-4-5-17(12-18)25-3/h4-13,22H,1-3H3. The van der Waals surface area contributed by atoms with Gasteiger partial charge in [0.25, 0.3) is 10.0 Å². The Morgan fingerprint density at radius 3 is 2.46 bits per heavy atom. The third kappa shape index (κ3) is 3.70. The third-order valence-electron chi connectivity index (χ3n) is 4.16. The first kappa shape index (κ1) is 17.9. The van der Waals surface area contributed by atoms with Crippen molar-refractivity contribution in [3.05, 3.63) is 72.1 Å². The highest BCUT2D eigenvalue weighted by Crippen LogP contribution is 2.29. The van der Waals surface area contributed by atoms with Gasteiger partial charge in [-0.2, -0.15) is 0 Å². The lowest BCUT2D eigenvalue weighted by molar-refractivity contribution is 0.413. The molecule has 0 aliphatic rings. The fraction of sp³-hybridized carbons (Fsp3) is 0.150. The first-order valence-electron chi connectivity index (χ1n) is 8.09. The molecule has 1 aromatic heterocycles. The first-order chi connectivity index (χ1) is 12.4. The van der Waals surface area contributed by atoms with E-state index in [0.29, 0.717) is 11.4 Å². The van der Waals surface area contributed by atoms with E-state index in [0.717, 1.165) is 22.3 Å². The van der Waals surface area contributed by atoms with Gasteiger partial charge in [-0.1, -0.05) is 12.1 Å². The molecule has 0 unspecified atom stereocenters. The molecular weight excluding hydrogens is 348 g/mol. The van der Waals surface area contributed by atoms with Gasteiger partial charge in [0.05, 0.1) is 12.0 Å². The first-order valence-corrected chi connectivity index (χ1v) is 9.57. The summed E-state index contributed by atoms with van der Waals surface area (Å²) in [5.41, 5.74) is 4.66. The zero-order chi connectivity index (χ0) is 18.7. The molecule has 3 aromatic rings. The van der Waals surface area contributed by atoms with Crippen LogP contribution in [0.5, 0.6) is 5.75 Å². The molecule has 26 heavy (non-hydrogen) atoms. The number of hydrogen-bond donors (Lipinski definition) is 1. The topological polar surface area (TPSA) is 68.3 Å². The molecule has 0 atom stereocenters. The number of ether oxygens (including phenoxy) is 1. The Labute approximate surface area is 153 Å². The van der Waals surface area contributed by atoms with Gasteiger partial charge in [0.2, 0.25) is 0 Å². The van der Waals surface area contributed by atoms with Crippen LogP contribution in [0.3, 0.4) is 0 Å². The normalized spacial score (nSPS) is 11.2. The van der Waals surface area contributed by atoms with Crippen molar-refractivity contribution in [1.82, 2.24) is 4.98 Å². The van der Waals surface area contributed by atoms with Crippen molar-refractivity contribution in [2.75, 3.05) is 11.8 Å². The summed E-state index contributed by atoms with van der Waals surface area (Å²) >= 11 is 0. The molecule has 3 rings (SSSR count). The maximum Gasteiger partial charge on any atom is 0.262 e. The summed E-state index contributed by atoms with van der Waals surface area (Å²) in [6.45, 7) is 3.97. The van der Waals surface area contributed by atoms with Crippen molar-refractivity contribution in [1.29, 1.82) is 0 Å². The van der Waals surface area contributed by atoms with Gasteiger partial charge in [-0.05, 0) is 60.9 Å². The molecule has 0 aliphatic carbocycles. The van der Waals surface area contributed by atoms with E-state index in [1.807, 2.05) is 38.2 Å². The van der Waals surface area contributed by atoms with Crippen LogP contribution < -0.4 is 9.46 Å². The summed E-state index contributed by atoms with van der Waals surface area (Å²) in [7, 11) is -2.19. The van der Waals surface area contributed by atoms with Gasteiger partial charge in [0.1, 0.15) is 5.75 Å². The van der Waals surface area contributed by atoms with Gasteiger partial charge in [-0.3, -0.25) is 9.71 Å². The van der Waals surface area contributed by atoms with Gasteiger partial charge in [-0.25, -0.2) is 8.42 Å². The number of hydrogen-bond acceptors (Lipinski definition) is 4. The second kappa shape index (κ2) is 7.17. The number of sulfonamides is 1. The third-order valence-corrected chi connectivity index (χ3v) is 5.54. The van der Waals surface area contributed by atoms with Gasteiger partial charge < -0.3 is 4.74 Å². The summed E-state index contributed by atoms with van der Waals surface area (Å²) in [5, 5.41) is 0. The van der Waals surface area contributed by atoms with E-state index >= 15 is 0 Å². The number of nitrogens with one attached hydrogen (secondary N) is 1. The summed E-state index contributed by atoms with van der Waals surface area (Å²) in [5.74, 6) is 0.492. The number of anilines is 1. The Balaban J connectivity index is 1.91. The van der Waals surface area contributed by atoms with Crippen LogP contribution in [0.15, 0.2) is 65.8 Å². The monoisotopic (exact) mass is 368 g/mol. The molecule has 1 heterocycles. The molecule has 0 radical (unpaired) electrons. The van der Waals surface area contributed by atoms with E-state index in [4.69, 9.17) is 4.74 Å². The number of aryl methyl sites for hydroxylation is 2. The molecule has 0 spiro atoms. The average molecular weight is 368 g/mol. The highest BCUT2D eigenvalue weighted by molar-refractivity contribution is 7.92. The maximum atomic E-state index is 12.6. The van der Waals surface area contributed by atoms with Crippen LogP contribution >= 0.6 is 0 Å². The van der Waals surface area contributed by atoms with Crippen LogP contribution in [0.1, 0.15) is 11.1 Å². The van der Waals surface area contributed by atoms with Crippen molar-refractivity contribution < 1.29 is 13.2 Å². The molecule has 2 aromatic carbocycles. The van der Waals surface area contributed by atoms with Crippen molar-refractivity contribution >= 4 is 15.7 Å². The molecule has 0 aliphatic heterocycles. The van der Waals surface area contributed by atoms with Gasteiger partial charge in [-0.15, -0.1) is 0 Å². The fourth-order valence-electron chi connectivity index (χ4n) is 2.76. The number of methoxy groups -OCH3 is 1. The summed E-state index contributed by atoms with van der Waals surface area (Å²) < 4.78 is 32.9. The van der Waals surface area contributed by atoms with Crippen LogP contribution in [0, 0.1) is 13.8 Å². The van der Waals surface area contributed by atoms with E-state index in [9.17, 15) is 8.42 Å². The highest BCUT2D eigenvalue weighted by atomic mass is 32.2. The van der Waals surface area contributed by atoms with Crippen molar-refractivity contribution in [3.8, 4) is 16.9 Å². The second-order valence-corrected chi connectivity index (χ2v) is 7.69. The quantitative estimate of drug-likeness (QED) is 0.734. The Hall–Kier alpha value is -2.86. The van der Waals surface area contributed by atoms with E-state index in [-0.39, 0.29) is 4.90 Å². The lowest BCUT2D eigenvalue weighted by Crippen LogP contribution is -2.13.